The standard InChI is InChI=1S/C14H10N4O2S/c15-9-2-1-3-10-12(9)17-11(20-10)6-18-7-16-13-8(14(18)19)4-5-21-13/h1-5,7H,6,15H2. The van der Waals surface area contributed by atoms with E-state index in [0.29, 0.717) is 28.1 Å². The molecule has 0 unspecified atom stereocenters. The van der Waals surface area contributed by atoms with Crippen LogP contribution in [0.1, 0.15) is 5.89 Å². The van der Waals surface area contributed by atoms with E-state index in [-0.39, 0.29) is 12.1 Å². The van der Waals surface area contributed by atoms with Crippen LogP contribution >= 0.6 is 11.3 Å². The quantitative estimate of drug-likeness (QED) is 0.573. The fraction of sp³-hybridized carbons (Fsp3) is 0.0714. The predicted octanol–water partition coefficient (Wildman–Crippen LogP) is 2.23. The highest BCUT2D eigenvalue weighted by atomic mass is 32.1. The second kappa shape index (κ2) is 4.42. The highest BCUT2D eigenvalue weighted by molar-refractivity contribution is 7.16. The normalized spacial score (nSPS) is 11.4. The number of rotatable bonds is 2. The molecule has 0 bridgehead atoms. The van der Waals surface area contributed by atoms with Gasteiger partial charge in [0.1, 0.15) is 16.9 Å². The number of fused-ring (bicyclic) bond motifs is 2. The Bertz CT molecular complexity index is 1010. The molecule has 1 aromatic carbocycles. The second-order valence-corrected chi connectivity index (χ2v) is 5.51. The number of benzene rings is 1. The van der Waals surface area contributed by atoms with E-state index in [1.807, 2.05) is 5.38 Å². The molecule has 104 valence electrons. The maximum atomic E-state index is 12.3. The Morgan fingerprint density at radius 2 is 2.24 bits per heavy atom. The fourth-order valence-electron chi connectivity index (χ4n) is 2.24. The van der Waals surface area contributed by atoms with Crippen molar-refractivity contribution in [1.29, 1.82) is 0 Å². The molecule has 0 aliphatic carbocycles. The molecule has 0 atom stereocenters. The van der Waals surface area contributed by atoms with Gasteiger partial charge in [-0.05, 0) is 23.6 Å². The van der Waals surface area contributed by atoms with Crippen LogP contribution in [0.15, 0.2) is 45.2 Å². The molecule has 7 heteroatoms. The third kappa shape index (κ3) is 1.90. The lowest BCUT2D eigenvalue weighted by atomic mass is 10.3. The molecule has 3 aromatic heterocycles. The maximum Gasteiger partial charge on any atom is 0.262 e. The maximum absolute atomic E-state index is 12.3. The van der Waals surface area contributed by atoms with Gasteiger partial charge in [-0.15, -0.1) is 11.3 Å². The summed E-state index contributed by atoms with van der Waals surface area (Å²) in [4.78, 5) is 21.6. The Labute approximate surface area is 122 Å². The summed E-state index contributed by atoms with van der Waals surface area (Å²) < 4.78 is 7.11. The Balaban J connectivity index is 1.80. The molecule has 0 fully saturated rings. The third-order valence-corrected chi connectivity index (χ3v) is 4.07. The Kier molecular flexibility index (Phi) is 2.55. The summed E-state index contributed by atoms with van der Waals surface area (Å²) in [5, 5.41) is 2.46. The highest BCUT2D eigenvalue weighted by Crippen LogP contribution is 2.21. The number of nitrogens with two attached hydrogens (primary N) is 1. The van der Waals surface area contributed by atoms with Crippen LogP contribution in [0.25, 0.3) is 21.3 Å². The molecule has 21 heavy (non-hydrogen) atoms. The summed E-state index contributed by atoms with van der Waals surface area (Å²) >= 11 is 1.44. The first-order valence-corrected chi connectivity index (χ1v) is 7.17. The molecule has 3 heterocycles. The molecule has 0 spiro atoms. The molecule has 0 amide bonds. The van der Waals surface area contributed by atoms with Gasteiger partial charge >= 0.3 is 0 Å². The average molecular weight is 298 g/mol. The number of para-hydroxylation sites is 1. The molecular formula is C14H10N4O2S. The van der Waals surface area contributed by atoms with Crippen molar-refractivity contribution in [3.05, 3.63) is 52.2 Å². The molecule has 0 aliphatic rings. The lowest BCUT2D eigenvalue weighted by Gasteiger charge is -2.01. The molecule has 0 saturated carbocycles. The summed E-state index contributed by atoms with van der Waals surface area (Å²) in [5.74, 6) is 0.432. The molecular weight excluding hydrogens is 288 g/mol. The van der Waals surface area contributed by atoms with Crippen molar-refractivity contribution < 1.29 is 4.42 Å². The lowest BCUT2D eigenvalue weighted by molar-refractivity contribution is 0.503. The van der Waals surface area contributed by atoms with Crippen LogP contribution in [0.2, 0.25) is 0 Å². The first kappa shape index (κ1) is 12.1. The molecule has 0 aliphatic heterocycles. The van der Waals surface area contributed by atoms with Crippen LogP contribution in [-0.2, 0) is 6.54 Å². The number of nitrogen functional groups attached to an aromatic ring is 1. The van der Waals surface area contributed by atoms with Gasteiger partial charge in [-0.2, -0.15) is 0 Å². The second-order valence-electron chi connectivity index (χ2n) is 4.62. The summed E-state index contributed by atoms with van der Waals surface area (Å²) in [6.07, 6.45) is 1.51. The van der Waals surface area contributed by atoms with Crippen molar-refractivity contribution in [2.45, 2.75) is 6.54 Å². The Hall–Kier alpha value is -2.67. The van der Waals surface area contributed by atoms with Gasteiger partial charge in [0.15, 0.2) is 5.58 Å². The van der Waals surface area contributed by atoms with Crippen LogP contribution in [-0.4, -0.2) is 14.5 Å². The van der Waals surface area contributed by atoms with Crippen molar-refractivity contribution in [3.8, 4) is 0 Å². The summed E-state index contributed by atoms with van der Waals surface area (Å²) in [6, 6.07) is 7.14. The number of hydrogen-bond donors (Lipinski definition) is 1. The number of oxazole rings is 1. The third-order valence-electron chi connectivity index (χ3n) is 3.25. The van der Waals surface area contributed by atoms with E-state index in [2.05, 4.69) is 9.97 Å². The van der Waals surface area contributed by atoms with Crippen molar-refractivity contribution in [2.24, 2.45) is 0 Å². The average Bonchev–Trinajstić information content (AvgIpc) is 3.09. The van der Waals surface area contributed by atoms with E-state index >= 15 is 0 Å². The van der Waals surface area contributed by atoms with Gasteiger partial charge in [0.25, 0.3) is 5.56 Å². The van der Waals surface area contributed by atoms with Crippen LogP contribution in [0.4, 0.5) is 5.69 Å². The molecule has 4 rings (SSSR count). The minimum Gasteiger partial charge on any atom is -0.439 e. The summed E-state index contributed by atoms with van der Waals surface area (Å²) in [6.45, 7) is 0.228. The zero-order valence-corrected chi connectivity index (χ0v) is 11.6. The van der Waals surface area contributed by atoms with Gasteiger partial charge in [-0.25, -0.2) is 9.97 Å². The number of aromatic nitrogens is 3. The predicted molar refractivity (Wildman–Crippen MR) is 81.4 cm³/mol. The van der Waals surface area contributed by atoms with Crippen molar-refractivity contribution in [2.75, 3.05) is 5.73 Å². The summed E-state index contributed by atoms with van der Waals surface area (Å²) in [5.41, 5.74) is 7.54. The molecule has 6 nitrogen and oxygen atoms in total. The first-order valence-electron chi connectivity index (χ1n) is 6.29. The van der Waals surface area contributed by atoms with Crippen LogP contribution in [0.5, 0.6) is 0 Å². The van der Waals surface area contributed by atoms with E-state index in [9.17, 15) is 4.79 Å². The Morgan fingerprint density at radius 3 is 3.10 bits per heavy atom. The highest BCUT2D eigenvalue weighted by Gasteiger charge is 2.11. The SMILES string of the molecule is Nc1cccc2oc(Cn3cnc4sccc4c3=O)nc12. The zero-order valence-electron chi connectivity index (χ0n) is 10.8. The van der Waals surface area contributed by atoms with Crippen molar-refractivity contribution >= 4 is 38.3 Å². The van der Waals surface area contributed by atoms with Crippen LogP contribution < -0.4 is 11.3 Å². The van der Waals surface area contributed by atoms with E-state index in [1.165, 1.54) is 22.2 Å². The minimum absolute atomic E-state index is 0.100. The van der Waals surface area contributed by atoms with Crippen LogP contribution in [0.3, 0.4) is 0 Å². The molecule has 4 aromatic rings. The monoisotopic (exact) mass is 298 g/mol. The van der Waals surface area contributed by atoms with E-state index < -0.39 is 0 Å². The number of anilines is 1. The molecule has 2 N–H and O–H groups in total. The number of hydrogen-bond acceptors (Lipinski definition) is 6. The number of thiophene rings is 1. The summed E-state index contributed by atoms with van der Waals surface area (Å²) in [7, 11) is 0. The topological polar surface area (TPSA) is 86.9 Å². The molecule has 0 radical (unpaired) electrons. The molecule has 0 saturated heterocycles. The lowest BCUT2D eigenvalue weighted by Crippen LogP contribution is -2.20. The van der Waals surface area contributed by atoms with Gasteiger partial charge in [0.2, 0.25) is 5.89 Å². The van der Waals surface area contributed by atoms with E-state index in [0.717, 1.165) is 4.83 Å². The van der Waals surface area contributed by atoms with Gasteiger partial charge in [-0.3, -0.25) is 9.36 Å². The van der Waals surface area contributed by atoms with E-state index in [1.54, 1.807) is 24.3 Å². The largest absolute Gasteiger partial charge is 0.439 e. The number of nitrogens with zero attached hydrogens (tertiary/aromatic N) is 3. The Morgan fingerprint density at radius 1 is 1.33 bits per heavy atom. The van der Waals surface area contributed by atoms with Gasteiger partial charge in [0, 0.05) is 0 Å². The minimum atomic E-state index is -0.100. The van der Waals surface area contributed by atoms with Gasteiger partial charge in [-0.1, -0.05) is 6.07 Å². The van der Waals surface area contributed by atoms with E-state index in [4.69, 9.17) is 10.2 Å². The van der Waals surface area contributed by atoms with Gasteiger partial charge in [0.05, 0.1) is 17.4 Å². The van der Waals surface area contributed by atoms with Crippen molar-refractivity contribution in [3.63, 3.8) is 0 Å². The fourth-order valence-corrected chi connectivity index (χ4v) is 2.96. The smallest absolute Gasteiger partial charge is 0.262 e. The van der Waals surface area contributed by atoms with Gasteiger partial charge < -0.3 is 10.2 Å². The van der Waals surface area contributed by atoms with Crippen LogP contribution in [0, 0.1) is 0 Å². The first-order chi connectivity index (χ1) is 10.2. The zero-order chi connectivity index (χ0) is 14.4. The van der Waals surface area contributed by atoms with Crippen molar-refractivity contribution in [1.82, 2.24) is 14.5 Å².